The molecule has 0 bridgehead atoms. The van der Waals surface area contributed by atoms with Crippen LogP contribution >= 0.6 is 12.4 Å². The molecule has 0 fully saturated rings. The van der Waals surface area contributed by atoms with E-state index >= 15 is 0 Å². The zero-order valence-corrected chi connectivity index (χ0v) is 13.6. The summed E-state index contributed by atoms with van der Waals surface area (Å²) < 4.78 is 0. The molecule has 0 rings (SSSR count). The maximum absolute atomic E-state index is 9.00. The number of halogens is 1. The quantitative estimate of drug-likeness (QED) is 0.372. The minimum absolute atomic E-state index is 0. The Morgan fingerprint density at radius 2 is 0.611 bits per heavy atom. The molecular formula is C8H18ClNaO8. The van der Waals surface area contributed by atoms with Gasteiger partial charge in [0.1, 0.15) is 0 Å². The van der Waals surface area contributed by atoms with E-state index in [1.54, 1.807) is 0 Å². The van der Waals surface area contributed by atoms with Crippen molar-refractivity contribution in [3.8, 4) is 0 Å². The number of carboxylic acid groups (broad SMARTS) is 4. The van der Waals surface area contributed by atoms with Gasteiger partial charge in [-0.15, -0.1) is 12.4 Å². The molecule has 0 amide bonds. The summed E-state index contributed by atoms with van der Waals surface area (Å²) in [5.74, 6) is -3.33. The minimum atomic E-state index is -0.833. The van der Waals surface area contributed by atoms with E-state index in [0.29, 0.717) is 0 Å². The van der Waals surface area contributed by atoms with Crippen molar-refractivity contribution >= 4 is 36.3 Å². The van der Waals surface area contributed by atoms with Crippen molar-refractivity contribution in [3.63, 3.8) is 0 Å². The molecule has 10 heteroatoms. The first-order chi connectivity index (χ1) is 6.93. The molecule has 4 N–H and O–H groups in total. The third kappa shape index (κ3) is 4420. The molecule has 106 valence electrons. The van der Waals surface area contributed by atoms with E-state index in [1.807, 2.05) is 0 Å². The molecule has 0 heterocycles. The molecule has 0 aliphatic heterocycles. The summed E-state index contributed by atoms with van der Waals surface area (Å²) in [6.45, 7) is 4.33. The van der Waals surface area contributed by atoms with Gasteiger partial charge in [0.2, 0.25) is 0 Å². The summed E-state index contributed by atoms with van der Waals surface area (Å²) in [6, 6.07) is 0. The SMILES string of the molecule is CC(=O)O.CC(=O)O.CC(=O)O.CC(=O)O.Cl.[H-].[Na+]. The van der Waals surface area contributed by atoms with Gasteiger partial charge in [0.15, 0.2) is 0 Å². The van der Waals surface area contributed by atoms with Gasteiger partial charge in [-0.1, -0.05) is 0 Å². The van der Waals surface area contributed by atoms with Gasteiger partial charge >= 0.3 is 29.6 Å². The van der Waals surface area contributed by atoms with Crippen molar-refractivity contribution in [1.82, 2.24) is 0 Å². The van der Waals surface area contributed by atoms with Crippen LogP contribution in [0.1, 0.15) is 29.1 Å². The zero-order valence-electron chi connectivity index (χ0n) is 11.8. The van der Waals surface area contributed by atoms with Crippen LogP contribution in [0.15, 0.2) is 0 Å². The van der Waals surface area contributed by atoms with Crippen LogP contribution in [0.4, 0.5) is 0 Å². The second-order valence-corrected chi connectivity index (χ2v) is 2.08. The molecule has 0 atom stereocenters. The number of hydrogen-bond donors (Lipinski definition) is 4. The first-order valence-corrected chi connectivity index (χ1v) is 3.71. The molecule has 0 saturated heterocycles. The predicted molar refractivity (Wildman–Crippen MR) is 61.6 cm³/mol. The molecule has 18 heavy (non-hydrogen) atoms. The second-order valence-electron chi connectivity index (χ2n) is 2.08. The fourth-order valence-electron chi connectivity index (χ4n) is 0. The largest absolute Gasteiger partial charge is 1.00 e. The Morgan fingerprint density at radius 1 is 0.611 bits per heavy atom. The van der Waals surface area contributed by atoms with Gasteiger partial charge in [0.05, 0.1) is 0 Å². The predicted octanol–water partition coefficient (Wildman–Crippen LogP) is -2.10. The summed E-state index contributed by atoms with van der Waals surface area (Å²) in [5, 5.41) is 29.7. The smallest absolute Gasteiger partial charge is 1.00 e. The van der Waals surface area contributed by atoms with Crippen molar-refractivity contribution in [2.45, 2.75) is 27.7 Å². The van der Waals surface area contributed by atoms with E-state index in [2.05, 4.69) is 0 Å². The van der Waals surface area contributed by atoms with Gasteiger partial charge in [-0.05, 0) is 0 Å². The summed E-state index contributed by atoms with van der Waals surface area (Å²) in [6.07, 6.45) is 0. The van der Waals surface area contributed by atoms with Gasteiger partial charge in [-0.2, -0.15) is 0 Å². The van der Waals surface area contributed by atoms with E-state index in [4.69, 9.17) is 39.6 Å². The van der Waals surface area contributed by atoms with Crippen LogP contribution < -0.4 is 29.6 Å². The van der Waals surface area contributed by atoms with Crippen molar-refractivity contribution in [2.24, 2.45) is 0 Å². The Hall–Kier alpha value is -0.830. The van der Waals surface area contributed by atoms with E-state index in [0.717, 1.165) is 27.7 Å². The molecule has 8 nitrogen and oxygen atoms in total. The number of hydrogen-bond acceptors (Lipinski definition) is 4. The van der Waals surface area contributed by atoms with Crippen molar-refractivity contribution in [1.29, 1.82) is 0 Å². The van der Waals surface area contributed by atoms with Crippen molar-refractivity contribution < 1.29 is 70.6 Å². The van der Waals surface area contributed by atoms with Crippen LogP contribution in [-0.2, 0) is 19.2 Å². The molecule has 0 aromatic heterocycles. The Balaban J connectivity index is -0.0000000192. The first kappa shape index (κ1) is 36.0. The van der Waals surface area contributed by atoms with Crippen LogP contribution in [0.25, 0.3) is 0 Å². The molecular weight excluding hydrogens is 283 g/mol. The van der Waals surface area contributed by atoms with Crippen LogP contribution in [0.5, 0.6) is 0 Å². The Kier molecular flexibility index (Phi) is 59.6. The van der Waals surface area contributed by atoms with E-state index in [-0.39, 0.29) is 43.4 Å². The molecule has 0 aromatic carbocycles. The minimum Gasteiger partial charge on any atom is -1.00 e. The Bertz CT molecular complexity index is 173. The zero-order chi connectivity index (χ0) is 14.3. The normalized spacial score (nSPS) is 5.56. The Morgan fingerprint density at radius 3 is 0.611 bits per heavy atom. The summed E-state index contributed by atoms with van der Waals surface area (Å²) in [4.78, 5) is 36.0. The van der Waals surface area contributed by atoms with Gasteiger partial charge in [-0.3, -0.25) is 19.2 Å². The van der Waals surface area contributed by atoms with Gasteiger partial charge in [0, 0.05) is 27.7 Å². The van der Waals surface area contributed by atoms with Crippen LogP contribution in [0.2, 0.25) is 0 Å². The van der Waals surface area contributed by atoms with Gasteiger partial charge in [0.25, 0.3) is 23.9 Å². The van der Waals surface area contributed by atoms with Crippen molar-refractivity contribution in [2.75, 3.05) is 0 Å². The average molecular weight is 301 g/mol. The fraction of sp³-hybridized carbons (Fsp3) is 0.500. The van der Waals surface area contributed by atoms with E-state index in [9.17, 15) is 0 Å². The molecule has 0 radical (unpaired) electrons. The standard InChI is InChI=1S/4C2H4O2.ClH.Na.H/c4*1-2(3)4;;;/h4*1H3,(H,3,4);1H;;/q;;;;;+1;-1. The Labute approximate surface area is 134 Å². The third-order valence-electron chi connectivity index (χ3n) is 0. The maximum atomic E-state index is 9.00. The molecule has 0 unspecified atom stereocenters. The van der Waals surface area contributed by atoms with Crippen LogP contribution in [0.3, 0.4) is 0 Å². The van der Waals surface area contributed by atoms with Gasteiger partial charge < -0.3 is 21.9 Å². The van der Waals surface area contributed by atoms with Crippen molar-refractivity contribution in [3.05, 3.63) is 0 Å². The monoisotopic (exact) mass is 300 g/mol. The summed E-state index contributed by atoms with van der Waals surface area (Å²) in [7, 11) is 0. The molecule has 0 saturated carbocycles. The van der Waals surface area contributed by atoms with Crippen LogP contribution in [0, 0.1) is 0 Å². The molecule has 0 aliphatic rings. The number of carbonyl (C=O) groups is 4. The topological polar surface area (TPSA) is 149 Å². The molecule has 0 spiro atoms. The number of carboxylic acids is 4. The van der Waals surface area contributed by atoms with E-state index in [1.165, 1.54) is 0 Å². The molecule has 0 aliphatic carbocycles. The second kappa shape index (κ2) is 29.8. The maximum Gasteiger partial charge on any atom is 1.00 e. The molecule has 0 aromatic rings. The average Bonchev–Trinajstić information content (AvgIpc) is 1.76. The summed E-state index contributed by atoms with van der Waals surface area (Å²) >= 11 is 0. The van der Waals surface area contributed by atoms with Gasteiger partial charge in [-0.25, -0.2) is 0 Å². The summed E-state index contributed by atoms with van der Waals surface area (Å²) in [5.41, 5.74) is 0. The first-order valence-electron chi connectivity index (χ1n) is 3.71. The third-order valence-corrected chi connectivity index (χ3v) is 0. The fourth-order valence-corrected chi connectivity index (χ4v) is 0. The number of rotatable bonds is 0. The van der Waals surface area contributed by atoms with Crippen LogP contribution in [-0.4, -0.2) is 44.3 Å². The van der Waals surface area contributed by atoms with E-state index < -0.39 is 23.9 Å². The number of aliphatic carboxylic acids is 4.